The van der Waals surface area contributed by atoms with E-state index in [1.807, 2.05) is 0 Å². The molecule has 0 bridgehead atoms. The first-order chi connectivity index (χ1) is 8.99. The van der Waals surface area contributed by atoms with E-state index in [1.54, 1.807) is 0 Å². The number of carbonyl (C=O) groups is 1. The zero-order valence-electron chi connectivity index (χ0n) is 10.3. The summed E-state index contributed by atoms with van der Waals surface area (Å²) in [4.78, 5) is 14.5. The molecule has 0 unspecified atom stereocenters. The molecule has 0 aliphatic heterocycles. The first-order valence-corrected chi connectivity index (χ1v) is 8.58. The van der Waals surface area contributed by atoms with Crippen LogP contribution in [0.25, 0.3) is 0 Å². The van der Waals surface area contributed by atoms with Crippen LogP contribution >= 0.6 is 11.3 Å². The summed E-state index contributed by atoms with van der Waals surface area (Å²) >= 11 is 1.15. The number of hydrogen-bond acceptors (Lipinski definition) is 5. The fraction of sp³-hybridized carbons (Fsp3) is 0.636. The highest BCUT2D eigenvalue weighted by molar-refractivity contribution is 7.90. The third kappa shape index (κ3) is 3.74. The van der Waals surface area contributed by atoms with Gasteiger partial charge in [0.25, 0.3) is 0 Å². The van der Waals surface area contributed by atoms with Crippen molar-refractivity contribution in [2.45, 2.75) is 43.9 Å². The number of rotatable bonds is 5. The highest BCUT2D eigenvalue weighted by atomic mass is 32.2. The largest absolute Gasteiger partial charge is 0.476 e. The molecular formula is C11H16N2O4S2. The summed E-state index contributed by atoms with van der Waals surface area (Å²) in [7, 11) is -3.32. The number of nitrogens with zero attached hydrogens (tertiary/aromatic N) is 1. The van der Waals surface area contributed by atoms with Crippen molar-refractivity contribution in [2.75, 3.05) is 0 Å². The van der Waals surface area contributed by atoms with Gasteiger partial charge in [0.05, 0.1) is 11.8 Å². The van der Waals surface area contributed by atoms with Crippen LogP contribution in [0, 0.1) is 0 Å². The van der Waals surface area contributed by atoms with E-state index in [9.17, 15) is 13.2 Å². The molecule has 0 saturated heterocycles. The maximum absolute atomic E-state index is 12.0. The van der Waals surface area contributed by atoms with Crippen molar-refractivity contribution in [1.29, 1.82) is 0 Å². The molecule has 0 radical (unpaired) electrons. The normalized spacial score (nSPS) is 17.5. The van der Waals surface area contributed by atoms with Gasteiger partial charge in [-0.05, 0) is 12.8 Å². The molecule has 1 aliphatic rings. The van der Waals surface area contributed by atoms with Gasteiger partial charge in [0, 0.05) is 5.38 Å². The SMILES string of the molecule is O=C(O)c1csc(CNS(=O)(=O)C2CCCCC2)n1. The molecule has 1 saturated carbocycles. The van der Waals surface area contributed by atoms with E-state index < -0.39 is 16.0 Å². The van der Waals surface area contributed by atoms with E-state index in [2.05, 4.69) is 9.71 Å². The maximum atomic E-state index is 12.0. The Hall–Kier alpha value is -0.990. The molecule has 1 fully saturated rings. The monoisotopic (exact) mass is 304 g/mol. The van der Waals surface area contributed by atoms with Crippen molar-refractivity contribution >= 4 is 27.3 Å². The summed E-state index contributed by atoms with van der Waals surface area (Å²) in [5, 5.41) is 10.3. The second-order valence-corrected chi connectivity index (χ2v) is 7.55. The van der Waals surface area contributed by atoms with Crippen molar-refractivity contribution in [3.63, 3.8) is 0 Å². The minimum atomic E-state index is -3.32. The molecule has 8 heteroatoms. The zero-order valence-corrected chi connectivity index (χ0v) is 12.0. The maximum Gasteiger partial charge on any atom is 0.355 e. The number of sulfonamides is 1. The fourth-order valence-electron chi connectivity index (χ4n) is 2.15. The molecule has 1 aromatic rings. The molecule has 0 aromatic carbocycles. The highest BCUT2D eigenvalue weighted by Crippen LogP contribution is 2.23. The number of nitrogens with one attached hydrogen (secondary N) is 1. The van der Waals surface area contributed by atoms with Gasteiger partial charge < -0.3 is 5.11 Å². The Kier molecular flexibility index (Phi) is 4.54. The lowest BCUT2D eigenvalue weighted by atomic mass is 10.0. The lowest BCUT2D eigenvalue weighted by Crippen LogP contribution is -2.35. The Balaban J connectivity index is 1.94. The molecular weight excluding hydrogens is 288 g/mol. The third-order valence-corrected chi connectivity index (χ3v) is 5.93. The Labute approximate surface area is 115 Å². The molecule has 1 heterocycles. The minimum absolute atomic E-state index is 0.0446. The van der Waals surface area contributed by atoms with E-state index in [4.69, 9.17) is 5.11 Å². The molecule has 1 aliphatic carbocycles. The number of aromatic nitrogens is 1. The van der Waals surface area contributed by atoms with Gasteiger partial charge in [-0.15, -0.1) is 11.3 Å². The Morgan fingerprint density at radius 3 is 2.68 bits per heavy atom. The average Bonchev–Trinajstić information content (AvgIpc) is 2.87. The second-order valence-electron chi connectivity index (χ2n) is 4.56. The van der Waals surface area contributed by atoms with E-state index >= 15 is 0 Å². The number of carboxylic acid groups (broad SMARTS) is 1. The lowest BCUT2D eigenvalue weighted by Gasteiger charge is -2.21. The molecule has 6 nitrogen and oxygen atoms in total. The van der Waals surface area contributed by atoms with Crippen LogP contribution in [0.4, 0.5) is 0 Å². The van der Waals surface area contributed by atoms with Crippen LogP contribution in [-0.2, 0) is 16.6 Å². The second kappa shape index (κ2) is 5.98. The van der Waals surface area contributed by atoms with Crippen LogP contribution in [0.15, 0.2) is 5.38 Å². The highest BCUT2D eigenvalue weighted by Gasteiger charge is 2.27. The number of thiazole rings is 1. The van der Waals surface area contributed by atoms with Gasteiger partial charge in [-0.1, -0.05) is 19.3 Å². The predicted molar refractivity (Wildman–Crippen MR) is 71.7 cm³/mol. The van der Waals surface area contributed by atoms with Crippen molar-refractivity contribution in [3.05, 3.63) is 16.1 Å². The van der Waals surface area contributed by atoms with E-state index in [0.717, 1.165) is 30.6 Å². The zero-order chi connectivity index (χ0) is 13.9. The Morgan fingerprint density at radius 2 is 2.11 bits per heavy atom. The van der Waals surface area contributed by atoms with Crippen molar-refractivity contribution in [1.82, 2.24) is 9.71 Å². The van der Waals surface area contributed by atoms with Crippen LogP contribution < -0.4 is 4.72 Å². The first-order valence-electron chi connectivity index (χ1n) is 6.15. The molecule has 0 atom stereocenters. The van der Waals surface area contributed by atoms with E-state index in [0.29, 0.717) is 17.8 Å². The smallest absolute Gasteiger partial charge is 0.355 e. The molecule has 0 amide bonds. The van der Waals surface area contributed by atoms with Crippen LogP contribution in [0.5, 0.6) is 0 Å². The predicted octanol–water partition coefficient (Wildman–Crippen LogP) is 1.59. The summed E-state index contributed by atoms with van der Waals surface area (Å²) in [6.45, 7) is 0.0662. The van der Waals surface area contributed by atoms with Gasteiger partial charge in [0.15, 0.2) is 5.69 Å². The van der Waals surface area contributed by atoms with Gasteiger partial charge in [-0.3, -0.25) is 0 Å². The number of hydrogen-bond donors (Lipinski definition) is 2. The molecule has 106 valence electrons. The first kappa shape index (κ1) is 14.4. The number of aromatic carboxylic acids is 1. The van der Waals surface area contributed by atoms with Crippen molar-refractivity contribution in [3.8, 4) is 0 Å². The molecule has 2 rings (SSSR count). The van der Waals surface area contributed by atoms with Crippen molar-refractivity contribution < 1.29 is 18.3 Å². The van der Waals surface area contributed by atoms with Gasteiger partial charge in [-0.2, -0.15) is 0 Å². The van der Waals surface area contributed by atoms with E-state index in [-0.39, 0.29) is 17.5 Å². The Morgan fingerprint density at radius 1 is 1.42 bits per heavy atom. The Bertz CT molecular complexity index is 547. The summed E-state index contributed by atoms with van der Waals surface area (Å²) in [5.41, 5.74) is -0.0446. The lowest BCUT2D eigenvalue weighted by molar-refractivity contribution is 0.0691. The van der Waals surface area contributed by atoms with Crippen molar-refractivity contribution in [2.24, 2.45) is 0 Å². The molecule has 2 N–H and O–H groups in total. The summed E-state index contributed by atoms with van der Waals surface area (Å²) in [6.07, 6.45) is 4.40. The molecule has 19 heavy (non-hydrogen) atoms. The van der Waals surface area contributed by atoms with Gasteiger partial charge in [0.2, 0.25) is 10.0 Å². The molecule has 0 spiro atoms. The minimum Gasteiger partial charge on any atom is -0.476 e. The topological polar surface area (TPSA) is 96.4 Å². The summed E-state index contributed by atoms with van der Waals surface area (Å²) in [5.74, 6) is -1.10. The fourth-order valence-corrected chi connectivity index (χ4v) is 4.47. The van der Waals surface area contributed by atoms with Crippen LogP contribution in [-0.4, -0.2) is 29.7 Å². The van der Waals surface area contributed by atoms with Crippen LogP contribution in [0.3, 0.4) is 0 Å². The van der Waals surface area contributed by atoms with Gasteiger partial charge in [0.1, 0.15) is 5.01 Å². The molecule has 1 aromatic heterocycles. The van der Waals surface area contributed by atoms with Crippen LogP contribution in [0.1, 0.15) is 47.6 Å². The average molecular weight is 304 g/mol. The number of carboxylic acids is 1. The summed E-state index contributed by atoms with van der Waals surface area (Å²) in [6, 6.07) is 0. The van der Waals surface area contributed by atoms with Gasteiger partial charge >= 0.3 is 5.97 Å². The third-order valence-electron chi connectivity index (χ3n) is 3.19. The van der Waals surface area contributed by atoms with E-state index in [1.165, 1.54) is 5.38 Å². The van der Waals surface area contributed by atoms with Gasteiger partial charge in [-0.25, -0.2) is 22.9 Å². The summed E-state index contributed by atoms with van der Waals surface area (Å²) < 4.78 is 26.6. The van der Waals surface area contributed by atoms with Crippen LogP contribution in [0.2, 0.25) is 0 Å². The quantitative estimate of drug-likeness (QED) is 0.861. The standard InChI is InChI=1S/C11H16N2O4S2/c14-11(15)9-7-18-10(13-9)6-12-19(16,17)8-4-2-1-3-5-8/h7-8,12H,1-6H2,(H,14,15).